The molecule has 4 nitrogen and oxygen atoms in total. The van der Waals surface area contributed by atoms with E-state index in [1.807, 2.05) is 18.2 Å². The number of nitrogens with zero attached hydrogens (tertiary/aromatic N) is 2. The summed E-state index contributed by atoms with van der Waals surface area (Å²) in [5, 5.41) is 9.26. The molecule has 0 saturated heterocycles. The number of imidazole rings is 1. The van der Waals surface area contributed by atoms with Crippen LogP contribution in [-0.4, -0.2) is 27.9 Å². The van der Waals surface area contributed by atoms with Gasteiger partial charge in [0.25, 0.3) is 0 Å². The zero-order valence-electron chi connectivity index (χ0n) is 14.3. The Hall–Kier alpha value is -2.33. The third-order valence-electron chi connectivity index (χ3n) is 4.06. The van der Waals surface area contributed by atoms with Crippen molar-refractivity contribution in [2.75, 3.05) is 13.2 Å². The van der Waals surface area contributed by atoms with Gasteiger partial charge in [0, 0.05) is 13.0 Å². The molecule has 126 valence electrons. The maximum Gasteiger partial charge on any atom is 0.119 e. The van der Waals surface area contributed by atoms with Crippen molar-refractivity contribution in [3.63, 3.8) is 0 Å². The highest BCUT2D eigenvalue weighted by Gasteiger charge is 2.09. The normalized spacial score (nSPS) is 11.1. The van der Waals surface area contributed by atoms with Crippen molar-refractivity contribution in [1.82, 2.24) is 9.55 Å². The van der Waals surface area contributed by atoms with E-state index in [4.69, 9.17) is 4.74 Å². The molecule has 1 aromatic heterocycles. The molecule has 24 heavy (non-hydrogen) atoms. The van der Waals surface area contributed by atoms with Gasteiger partial charge in [0.05, 0.1) is 24.2 Å². The molecule has 0 radical (unpaired) electrons. The predicted octanol–water partition coefficient (Wildman–Crippen LogP) is 3.66. The first-order valence-electron chi connectivity index (χ1n) is 8.43. The van der Waals surface area contributed by atoms with Crippen LogP contribution in [0.4, 0.5) is 0 Å². The minimum Gasteiger partial charge on any atom is -0.494 e. The summed E-state index contributed by atoms with van der Waals surface area (Å²) in [4.78, 5) is 4.62. The minimum absolute atomic E-state index is 0.113. The Morgan fingerprint density at radius 1 is 1.08 bits per heavy atom. The van der Waals surface area contributed by atoms with E-state index in [-0.39, 0.29) is 6.61 Å². The largest absolute Gasteiger partial charge is 0.494 e. The van der Waals surface area contributed by atoms with Gasteiger partial charge < -0.3 is 14.4 Å². The number of aliphatic hydroxyl groups excluding tert-OH is 1. The lowest BCUT2D eigenvalue weighted by molar-refractivity contribution is 0.289. The van der Waals surface area contributed by atoms with Crippen molar-refractivity contribution in [3.05, 3.63) is 59.4 Å². The molecule has 2 aromatic carbocycles. The first kappa shape index (κ1) is 16.5. The maximum atomic E-state index is 9.26. The summed E-state index contributed by atoms with van der Waals surface area (Å²) in [6, 6.07) is 14.4. The number of hydrogen-bond acceptors (Lipinski definition) is 3. The topological polar surface area (TPSA) is 47.3 Å². The average Bonchev–Trinajstić information content (AvgIpc) is 2.89. The van der Waals surface area contributed by atoms with Gasteiger partial charge in [0.15, 0.2) is 0 Å². The van der Waals surface area contributed by atoms with E-state index in [9.17, 15) is 5.11 Å². The van der Waals surface area contributed by atoms with Crippen molar-refractivity contribution in [2.24, 2.45) is 0 Å². The zero-order chi connectivity index (χ0) is 16.9. The number of hydrogen-bond donors (Lipinski definition) is 1. The predicted molar refractivity (Wildman–Crippen MR) is 96.6 cm³/mol. The standard InChI is InChI=1S/C20H24N2O2/c1-15-12-16(2)14-17(13-15)24-11-5-9-22-19-7-4-3-6-18(19)21-20(22)8-10-23/h3-4,6-7,12-14,23H,5,8-11H2,1-2H3. The molecular weight excluding hydrogens is 300 g/mol. The summed E-state index contributed by atoms with van der Waals surface area (Å²) in [5.74, 6) is 1.86. The Morgan fingerprint density at radius 3 is 2.58 bits per heavy atom. The third-order valence-corrected chi connectivity index (χ3v) is 4.06. The smallest absolute Gasteiger partial charge is 0.119 e. The first-order chi connectivity index (χ1) is 11.7. The van der Waals surface area contributed by atoms with E-state index in [1.165, 1.54) is 11.1 Å². The first-order valence-corrected chi connectivity index (χ1v) is 8.43. The van der Waals surface area contributed by atoms with Crippen LogP contribution in [0.2, 0.25) is 0 Å². The third kappa shape index (κ3) is 3.77. The van der Waals surface area contributed by atoms with Gasteiger partial charge in [-0.05, 0) is 55.7 Å². The molecule has 0 amide bonds. The van der Waals surface area contributed by atoms with E-state index in [1.54, 1.807) is 0 Å². The van der Waals surface area contributed by atoms with Gasteiger partial charge >= 0.3 is 0 Å². The van der Waals surface area contributed by atoms with E-state index >= 15 is 0 Å². The highest BCUT2D eigenvalue weighted by atomic mass is 16.5. The van der Waals surface area contributed by atoms with Crippen LogP contribution in [0.1, 0.15) is 23.4 Å². The molecular formula is C20H24N2O2. The van der Waals surface area contributed by atoms with Crippen LogP contribution in [0.15, 0.2) is 42.5 Å². The molecule has 0 aliphatic carbocycles. The Bertz CT molecular complexity index is 803. The van der Waals surface area contributed by atoms with Gasteiger partial charge in [0.2, 0.25) is 0 Å². The number of aromatic nitrogens is 2. The molecule has 0 aliphatic rings. The van der Waals surface area contributed by atoms with Crippen LogP contribution in [0.3, 0.4) is 0 Å². The summed E-state index contributed by atoms with van der Waals surface area (Å²) in [6.45, 7) is 5.77. The summed E-state index contributed by atoms with van der Waals surface area (Å²) in [7, 11) is 0. The SMILES string of the molecule is Cc1cc(C)cc(OCCCn2c(CCO)nc3ccccc32)c1. The zero-order valence-corrected chi connectivity index (χ0v) is 14.3. The van der Waals surface area contributed by atoms with Crippen LogP contribution in [0.5, 0.6) is 5.75 Å². The molecule has 0 fully saturated rings. The number of benzene rings is 2. The Labute approximate surface area is 142 Å². The van der Waals surface area contributed by atoms with Gasteiger partial charge in [-0.3, -0.25) is 0 Å². The monoisotopic (exact) mass is 324 g/mol. The molecule has 1 heterocycles. The van der Waals surface area contributed by atoms with E-state index < -0.39 is 0 Å². The average molecular weight is 324 g/mol. The minimum atomic E-state index is 0.113. The molecule has 0 saturated carbocycles. The van der Waals surface area contributed by atoms with Gasteiger partial charge in [-0.1, -0.05) is 18.2 Å². The van der Waals surface area contributed by atoms with Crippen LogP contribution >= 0.6 is 0 Å². The fourth-order valence-corrected chi connectivity index (χ4v) is 3.09. The van der Waals surface area contributed by atoms with Crippen molar-refractivity contribution in [2.45, 2.75) is 33.2 Å². The summed E-state index contributed by atoms with van der Waals surface area (Å²) < 4.78 is 8.09. The summed E-state index contributed by atoms with van der Waals surface area (Å²) >= 11 is 0. The quantitative estimate of drug-likeness (QED) is 0.675. The number of aryl methyl sites for hydroxylation is 3. The number of fused-ring (bicyclic) bond motifs is 1. The molecule has 3 rings (SSSR count). The lowest BCUT2D eigenvalue weighted by Crippen LogP contribution is -2.09. The van der Waals surface area contributed by atoms with Crippen molar-refractivity contribution in [1.29, 1.82) is 0 Å². The second-order valence-corrected chi connectivity index (χ2v) is 6.17. The van der Waals surface area contributed by atoms with Crippen molar-refractivity contribution < 1.29 is 9.84 Å². The Balaban J connectivity index is 1.66. The lowest BCUT2D eigenvalue weighted by Gasteiger charge is -2.11. The van der Waals surface area contributed by atoms with Gasteiger partial charge in [-0.25, -0.2) is 4.98 Å². The van der Waals surface area contributed by atoms with E-state index in [0.29, 0.717) is 13.0 Å². The van der Waals surface area contributed by atoms with Crippen LogP contribution < -0.4 is 4.74 Å². The summed E-state index contributed by atoms with van der Waals surface area (Å²) in [5.41, 5.74) is 4.54. The highest BCUT2D eigenvalue weighted by Crippen LogP contribution is 2.18. The molecule has 1 N–H and O–H groups in total. The van der Waals surface area contributed by atoms with E-state index in [0.717, 1.165) is 35.6 Å². The molecule has 4 heteroatoms. The fourth-order valence-electron chi connectivity index (χ4n) is 3.09. The second kappa shape index (κ2) is 7.49. The molecule has 3 aromatic rings. The molecule has 0 spiro atoms. The molecule has 0 bridgehead atoms. The summed E-state index contributed by atoms with van der Waals surface area (Å²) in [6.07, 6.45) is 1.47. The Morgan fingerprint density at radius 2 is 1.83 bits per heavy atom. The number of para-hydroxylation sites is 2. The second-order valence-electron chi connectivity index (χ2n) is 6.17. The molecule has 0 atom stereocenters. The van der Waals surface area contributed by atoms with Gasteiger partial charge in [-0.15, -0.1) is 0 Å². The lowest BCUT2D eigenvalue weighted by atomic mass is 10.1. The number of ether oxygens (including phenoxy) is 1. The van der Waals surface area contributed by atoms with E-state index in [2.05, 4.69) is 47.7 Å². The fraction of sp³-hybridized carbons (Fsp3) is 0.350. The van der Waals surface area contributed by atoms with Crippen LogP contribution in [0.25, 0.3) is 11.0 Å². The van der Waals surface area contributed by atoms with Crippen molar-refractivity contribution >= 4 is 11.0 Å². The van der Waals surface area contributed by atoms with Crippen LogP contribution in [-0.2, 0) is 13.0 Å². The Kier molecular flexibility index (Phi) is 5.16. The highest BCUT2D eigenvalue weighted by molar-refractivity contribution is 5.75. The number of rotatable bonds is 7. The maximum absolute atomic E-state index is 9.26. The number of aliphatic hydroxyl groups is 1. The molecule has 0 aliphatic heterocycles. The van der Waals surface area contributed by atoms with Gasteiger partial charge in [0.1, 0.15) is 11.6 Å². The van der Waals surface area contributed by atoms with Crippen molar-refractivity contribution in [3.8, 4) is 5.75 Å². The molecule has 0 unspecified atom stereocenters. The van der Waals surface area contributed by atoms with Gasteiger partial charge in [-0.2, -0.15) is 0 Å². The van der Waals surface area contributed by atoms with Crippen LogP contribution in [0, 0.1) is 13.8 Å².